The van der Waals surface area contributed by atoms with Crippen LogP contribution in [-0.2, 0) is 4.79 Å². The first kappa shape index (κ1) is 13.5. The van der Waals surface area contributed by atoms with Crippen molar-refractivity contribution in [3.8, 4) is 0 Å². The van der Waals surface area contributed by atoms with Crippen LogP contribution in [0.4, 0.5) is 0 Å². The van der Waals surface area contributed by atoms with Crippen molar-refractivity contribution in [2.24, 2.45) is 5.92 Å². The zero-order valence-corrected chi connectivity index (χ0v) is 11.0. The maximum absolute atomic E-state index is 11.4. The molecule has 0 aromatic heterocycles. The van der Waals surface area contributed by atoms with E-state index in [4.69, 9.17) is 0 Å². The summed E-state index contributed by atoms with van der Waals surface area (Å²) in [5.41, 5.74) is 0. The normalized spacial score (nSPS) is 18.7. The van der Waals surface area contributed by atoms with Gasteiger partial charge in [0.05, 0.1) is 6.54 Å². The summed E-state index contributed by atoms with van der Waals surface area (Å²) in [6.07, 6.45) is 8.21. The van der Waals surface area contributed by atoms with E-state index in [2.05, 4.69) is 12.2 Å². The predicted octanol–water partition coefficient (Wildman–Crippen LogP) is 2.02. The summed E-state index contributed by atoms with van der Waals surface area (Å²) in [5, 5.41) is 3.30. The van der Waals surface area contributed by atoms with Gasteiger partial charge in [0.2, 0.25) is 5.91 Å². The topological polar surface area (TPSA) is 32.3 Å². The number of nitrogens with zero attached hydrogens (tertiary/aromatic N) is 1. The summed E-state index contributed by atoms with van der Waals surface area (Å²) in [5.74, 6) is 1.11. The lowest BCUT2D eigenvalue weighted by molar-refractivity contribution is -0.127. The number of hydrogen-bond donors (Lipinski definition) is 1. The summed E-state index contributed by atoms with van der Waals surface area (Å²) >= 11 is 0. The van der Waals surface area contributed by atoms with Gasteiger partial charge in [-0.25, -0.2) is 0 Å². The molecule has 94 valence electrons. The average molecular weight is 226 g/mol. The van der Waals surface area contributed by atoms with E-state index in [-0.39, 0.29) is 5.91 Å². The number of nitrogens with one attached hydrogen (secondary N) is 1. The Morgan fingerprint density at radius 2 is 2.00 bits per heavy atom. The van der Waals surface area contributed by atoms with Crippen LogP contribution < -0.4 is 5.32 Å². The summed E-state index contributed by atoms with van der Waals surface area (Å²) in [7, 11) is 3.60. The highest BCUT2D eigenvalue weighted by atomic mass is 16.2. The summed E-state index contributed by atoms with van der Waals surface area (Å²) in [6.45, 7) is 2.65. The highest BCUT2D eigenvalue weighted by Crippen LogP contribution is 2.28. The van der Waals surface area contributed by atoms with Crippen LogP contribution in [0.5, 0.6) is 0 Å². The third-order valence-corrected chi connectivity index (χ3v) is 3.58. The van der Waals surface area contributed by atoms with Gasteiger partial charge in [0.25, 0.3) is 0 Å². The fourth-order valence-electron chi connectivity index (χ4n) is 2.31. The Bertz CT molecular complexity index is 210. The van der Waals surface area contributed by atoms with Crippen LogP contribution in [0.1, 0.15) is 45.4 Å². The summed E-state index contributed by atoms with van der Waals surface area (Å²) in [4.78, 5) is 13.0. The molecular formula is C13H26N2O. The fourth-order valence-corrected chi connectivity index (χ4v) is 2.31. The van der Waals surface area contributed by atoms with Crippen molar-refractivity contribution in [3.63, 3.8) is 0 Å². The van der Waals surface area contributed by atoms with Gasteiger partial charge in [0.15, 0.2) is 0 Å². The van der Waals surface area contributed by atoms with Gasteiger partial charge in [-0.3, -0.25) is 4.79 Å². The monoisotopic (exact) mass is 226 g/mol. The van der Waals surface area contributed by atoms with Crippen LogP contribution in [0.25, 0.3) is 0 Å². The minimum atomic E-state index is 0.160. The van der Waals surface area contributed by atoms with Crippen LogP contribution in [0.15, 0.2) is 0 Å². The maximum atomic E-state index is 11.4. The molecule has 1 rings (SSSR count). The van der Waals surface area contributed by atoms with Gasteiger partial charge in [-0.2, -0.15) is 0 Å². The standard InChI is InChI=1S/C13H26N2O/c1-11(14-10-13(16)15(2)3)8-9-12-6-4-5-7-12/h11-12,14H,4-10H2,1-3H3. The van der Waals surface area contributed by atoms with Crippen molar-refractivity contribution in [2.75, 3.05) is 20.6 Å². The zero-order chi connectivity index (χ0) is 12.0. The van der Waals surface area contributed by atoms with E-state index in [0.717, 1.165) is 5.92 Å². The van der Waals surface area contributed by atoms with E-state index < -0.39 is 0 Å². The van der Waals surface area contributed by atoms with Crippen LogP contribution in [0.2, 0.25) is 0 Å². The zero-order valence-electron chi connectivity index (χ0n) is 11.0. The third kappa shape index (κ3) is 4.97. The fraction of sp³-hybridized carbons (Fsp3) is 0.923. The Kier molecular flexibility index (Phi) is 5.81. The lowest BCUT2D eigenvalue weighted by Crippen LogP contribution is -2.37. The molecular weight excluding hydrogens is 200 g/mol. The van der Waals surface area contributed by atoms with E-state index >= 15 is 0 Å². The molecule has 1 aliphatic rings. The first-order valence-electron chi connectivity index (χ1n) is 6.53. The molecule has 0 aromatic carbocycles. The third-order valence-electron chi connectivity index (χ3n) is 3.58. The number of carbonyl (C=O) groups excluding carboxylic acids is 1. The summed E-state index contributed by atoms with van der Waals surface area (Å²) < 4.78 is 0. The molecule has 0 aliphatic heterocycles. The van der Waals surface area contributed by atoms with E-state index in [1.165, 1.54) is 38.5 Å². The number of carbonyl (C=O) groups is 1. The number of rotatable bonds is 6. The largest absolute Gasteiger partial charge is 0.348 e. The highest BCUT2D eigenvalue weighted by Gasteiger charge is 2.16. The van der Waals surface area contributed by atoms with Crippen LogP contribution in [0.3, 0.4) is 0 Å². The first-order valence-corrected chi connectivity index (χ1v) is 6.53. The molecule has 0 aromatic rings. The Balaban J connectivity index is 2.06. The molecule has 1 atom stereocenters. The molecule has 1 unspecified atom stereocenters. The molecule has 3 nitrogen and oxygen atoms in total. The minimum Gasteiger partial charge on any atom is -0.348 e. The SMILES string of the molecule is CC(CCC1CCCC1)NCC(=O)N(C)C. The molecule has 0 spiro atoms. The van der Waals surface area contributed by atoms with Gasteiger partial charge in [-0.1, -0.05) is 25.7 Å². The van der Waals surface area contributed by atoms with Crippen LogP contribution in [-0.4, -0.2) is 37.5 Å². The molecule has 1 aliphatic carbocycles. The van der Waals surface area contributed by atoms with E-state index in [1.54, 1.807) is 19.0 Å². The quantitative estimate of drug-likeness (QED) is 0.751. The second kappa shape index (κ2) is 6.89. The summed E-state index contributed by atoms with van der Waals surface area (Å²) in [6, 6.07) is 0.462. The average Bonchev–Trinajstić information content (AvgIpc) is 2.75. The van der Waals surface area contributed by atoms with E-state index in [1.807, 2.05) is 0 Å². The van der Waals surface area contributed by atoms with Crippen molar-refractivity contribution in [3.05, 3.63) is 0 Å². The number of likely N-dealkylation sites (N-methyl/N-ethyl adjacent to an activating group) is 1. The second-order valence-electron chi connectivity index (χ2n) is 5.30. The lowest BCUT2D eigenvalue weighted by Gasteiger charge is -2.17. The number of amides is 1. The Hall–Kier alpha value is -0.570. The first-order chi connectivity index (χ1) is 7.59. The van der Waals surface area contributed by atoms with Gasteiger partial charge in [-0.05, 0) is 25.7 Å². The van der Waals surface area contributed by atoms with Gasteiger partial charge >= 0.3 is 0 Å². The van der Waals surface area contributed by atoms with Crippen LogP contribution in [0, 0.1) is 5.92 Å². The van der Waals surface area contributed by atoms with Gasteiger partial charge < -0.3 is 10.2 Å². The van der Waals surface area contributed by atoms with Crippen molar-refractivity contribution in [1.29, 1.82) is 0 Å². The van der Waals surface area contributed by atoms with Crippen molar-refractivity contribution >= 4 is 5.91 Å². The van der Waals surface area contributed by atoms with E-state index in [0.29, 0.717) is 12.6 Å². The smallest absolute Gasteiger partial charge is 0.236 e. The molecule has 3 heteroatoms. The Morgan fingerprint density at radius 3 is 2.56 bits per heavy atom. The molecule has 1 amide bonds. The van der Waals surface area contributed by atoms with Gasteiger partial charge in [0, 0.05) is 20.1 Å². The van der Waals surface area contributed by atoms with Gasteiger partial charge in [0.1, 0.15) is 0 Å². The van der Waals surface area contributed by atoms with Crippen molar-refractivity contribution in [1.82, 2.24) is 10.2 Å². The molecule has 0 bridgehead atoms. The molecule has 0 saturated heterocycles. The van der Waals surface area contributed by atoms with E-state index in [9.17, 15) is 4.79 Å². The Morgan fingerprint density at radius 1 is 1.38 bits per heavy atom. The molecule has 0 radical (unpaired) electrons. The molecule has 16 heavy (non-hydrogen) atoms. The minimum absolute atomic E-state index is 0.160. The van der Waals surface area contributed by atoms with Crippen molar-refractivity contribution < 1.29 is 4.79 Å². The highest BCUT2D eigenvalue weighted by molar-refractivity contribution is 5.77. The van der Waals surface area contributed by atoms with Gasteiger partial charge in [-0.15, -0.1) is 0 Å². The molecule has 1 saturated carbocycles. The second-order valence-corrected chi connectivity index (χ2v) is 5.30. The number of hydrogen-bond acceptors (Lipinski definition) is 2. The predicted molar refractivity (Wildman–Crippen MR) is 67.4 cm³/mol. The van der Waals surface area contributed by atoms with Crippen molar-refractivity contribution in [2.45, 2.75) is 51.5 Å². The lowest BCUT2D eigenvalue weighted by atomic mass is 9.99. The Labute approximate surface area is 99.6 Å². The van der Waals surface area contributed by atoms with Crippen LogP contribution >= 0.6 is 0 Å². The molecule has 1 N–H and O–H groups in total. The molecule has 1 fully saturated rings. The molecule has 0 heterocycles. The maximum Gasteiger partial charge on any atom is 0.236 e.